The number of aryl methyl sites for hydroxylation is 1. The van der Waals surface area contributed by atoms with Crippen LogP contribution in [0.1, 0.15) is 23.7 Å². The van der Waals surface area contributed by atoms with Gasteiger partial charge >= 0.3 is 5.69 Å². The molecule has 9 nitrogen and oxygen atoms in total. The van der Waals surface area contributed by atoms with Crippen molar-refractivity contribution in [2.45, 2.75) is 20.3 Å². The molecule has 0 spiro atoms. The standard InChI is InChI=1S/C16H17BrN4O5/c1-3-26-12-5-9(4-11(17)14(12)23)7-18-21-13(22)6-10-8(2)19-16(25)20-15(10)24/h4-5,7,23H,3,6H2,1-2H3,(H,21,22)(H2,19,20,24,25)/b18-7-. The molecule has 1 amide bonds. The molecule has 0 aliphatic rings. The minimum absolute atomic E-state index is 0.0270. The zero-order valence-electron chi connectivity index (χ0n) is 14.1. The van der Waals surface area contributed by atoms with Gasteiger partial charge in [0.1, 0.15) is 0 Å². The molecule has 10 heteroatoms. The monoisotopic (exact) mass is 424 g/mol. The van der Waals surface area contributed by atoms with E-state index in [1.165, 1.54) is 13.1 Å². The number of halogens is 1. The van der Waals surface area contributed by atoms with Crippen molar-refractivity contribution >= 4 is 28.1 Å². The number of carbonyl (C=O) groups is 1. The number of phenolic OH excluding ortho intramolecular Hbond substituents is 1. The fraction of sp³-hybridized carbons (Fsp3) is 0.250. The summed E-state index contributed by atoms with van der Waals surface area (Å²) < 4.78 is 5.73. The second-order valence-corrected chi connectivity index (χ2v) is 6.12. The highest BCUT2D eigenvalue weighted by molar-refractivity contribution is 9.10. The van der Waals surface area contributed by atoms with Gasteiger partial charge in [-0.15, -0.1) is 0 Å². The van der Waals surface area contributed by atoms with Crippen molar-refractivity contribution in [1.82, 2.24) is 15.4 Å². The molecule has 0 bridgehead atoms. The third-order valence-electron chi connectivity index (χ3n) is 3.35. The first kappa shape index (κ1) is 19.4. The molecular formula is C16H17BrN4O5. The molecule has 0 atom stereocenters. The molecule has 2 aromatic rings. The van der Waals surface area contributed by atoms with E-state index in [2.05, 4.69) is 36.4 Å². The van der Waals surface area contributed by atoms with Gasteiger partial charge in [0.05, 0.1) is 23.7 Å². The number of carbonyl (C=O) groups excluding carboxylic acids is 1. The Bertz CT molecular complexity index is 964. The number of hydrazone groups is 1. The van der Waals surface area contributed by atoms with Gasteiger partial charge in [-0.05, 0) is 47.5 Å². The fourth-order valence-corrected chi connectivity index (χ4v) is 2.61. The van der Waals surface area contributed by atoms with Crippen LogP contribution >= 0.6 is 15.9 Å². The van der Waals surface area contributed by atoms with Gasteiger partial charge in [0.25, 0.3) is 5.56 Å². The molecule has 1 heterocycles. The zero-order valence-corrected chi connectivity index (χ0v) is 15.6. The van der Waals surface area contributed by atoms with Crippen LogP contribution in [0.5, 0.6) is 11.5 Å². The first-order valence-electron chi connectivity index (χ1n) is 7.61. The highest BCUT2D eigenvalue weighted by atomic mass is 79.9. The van der Waals surface area contributed by atoms with Crippen LogP contribution in [0.4, 0.5) is 0 Å². The van der Waals surface area contributed by atoms with Crippen molar-refractivity contribution in [3.8, 4) is 11.5 Å². The second-order valence-electron chi connectivity index (χ2n) is 5.26. The van der Waals surface area contributed by atoms with Gasteiger partial charge in [0.2, 0.25) is 5.91 Å². The van der Waals surface area contributed by atoms with E-state index in [4.69, 9.17) is 4.74 Å². The quantitative estimate of drug-likeness (QED) is 0.403. The number of aromatic amines is 2. The number of amides is 1. The van der Waals surface area contributed by atoms with Crippen molar-refractivity contribution in [2.24, 2.45) is 5.10 Å². The summed E-state index contributed by atoms with van der Waals surface area (Å²) in [7, 11) is 0. The molecule has 0 saturated carbocycles. The summed E-state index contributed by atoms with van der Waals surface area (Å²) in [6, 6.07) is 3.17. The molecule has 1 aromatic heterocycles. The number of aromatic hydroxyl groups is 1. The first-order valence-corrected chi connectivity index (χ1v) is 8.40. The molecule has 1 aromatic carbocycles. The van der Waals surface area contributed by atoms with E-state index >= 15 is 0 Å². The number of hydrogen-bond acceptors (Lipinski definition) is 6. The average Bonchev–Trinajstić information content (AvgIpc) is 2.55. The normalized spacial score (nSPS) is 10.9. The lowest BCUT2D eigenvalue weighted by Gasteiger charge is -2.08. The smallest absolute Gasteiger partial charge is 0.325 e. The van der Waals surface area contributed by atoms with Crippen molar-refractivity contribution in [1.29, 1.82) is 0 Å². The number of rotatable bonds is 6. The topological polar surface area (TPSA) is 137 Å². The number of H-pyrrole nitrogens is 2. The molecule has 0 aliphatic heterocycles. The third kappa shape index (κ3) is 4.82. The van der Waals surface area contributed by atoms with Crippen LogP contribution in [-0.4, -0.2) is 33.8 Å². The molecule has 0 radical (unpaired) electrons. The molecule has 26 heavy (non-hydrogen) atoms. The van der Waals surface area contributed by atoms with Gasteiger partial charge in [-0.1, -0.05) is 0 Å². The molecule has 0 fully saturated rings. The van der Waals surface area contributed by atoms with E-state index in [-0.39, 0.29) is 23.5 Å². The number of benzene rings is 1. The Kier molecular flexibility index (Phi) is 6.34. The molecule has 0 aliphatic carbocycles. The summed E-state index contributed by atoms with van der Waals surface area (Å²) in [5.74, 6) is -0.268. The van der Waals surface area contributed by atoms with Crippen LogP contribution in [-0.2, 0) is 11.2 Å². The second kappa shape index (κ2) is 8.48. The van der Waals surface area contributed by atoms with E-state index in [1.807, 2.05) is 0 Å². The van der Waals surface area contributed by atoms with E-state index in [9.17, 15) is 19.5 Å². The number of nitrogens with zero attached hydrogens (tertiary/aromatic N) is 1. The Morgan fingerprint density at radius 1 is 1.38 bits per heavy atom. The lowest BCUT2D eigenvalue weighted by Crippen LogP contribution is -2.30. The number of phenols is 1. The van der Waals surface area contributed by atoms with Crippen LogP contribution in [0.15, 0.2) is 31.3 Å². The third-order valence-corrected chi connectivity index (χ3v) is 3.95. The van der Waals surface area contributed by atoms with Gasteiger partial charge in [0, 0.05) is 11.3 Å². The van der Waals surface area contributed by atoms with E-state index in [1.54, 1.807) is 19.1 Å². The molecule has 4 N–H and O–H groups in total. The minimum Gasteiger partial charge on any atom is -0.503 e. The van der Waals surface area contributed by atoms with Crippen molar-refractivity contribution in [3.05, 3.63) is 54.3 Å². The van der Waals surface area contributed by atoms with Crippen LogP contribution in [0.3, 0.4) is 0 Å². The predicted octanol–water partition coefficient (Wildman–Crippen LogP) is 0.931. The lowest BCUT2D eigenvalue weighted by molar-refractivity contribution is -0.120. The number of hydrogen-bond donors (Lipinski definition) is 4. The number of aromatic nitrogens is 2. The molecule has 2 rings (SSSR count). The van der Waals surface area contributed by atoms with Gasteiger partial charge in [-0.3, -0.25) is 14.6 Å². The van der Waals surface area contributed by atoms with Gasteiger partial charge in [-0.2, -0.15) is 5.10 Å². The maximum absolute atomic E-state index is 11.9. The summed E-state index contributed by atoms with van der Waals surface area (Å²) in [6.07, 6.45) is 1.13. The highest BCUT2D eigenvalue weighted by Gasteiger charge is 2.11. The number of nitrogens with one attached hydrogen (secondary N) is 3. The first-order chi connectivity index (χ1) is 12.3. The largest absolute Gasteiger partial charge is 0.503 e. The zero-order chi connectivity index (χ0) is 19.3. The Hall–Kier alpha value is -2.88. The van der Waals surface area contributed by atoms with Crippen LogP contribution in [0, 0.1) is 6.92 Å². The Morgan fingerprint density at radius 2 is 2.12 bits per heavy atom. The SMILES string of the molecule is CCOc1cc(/C=N\NC(=O)Cc2c(C)[nH]c(=O)[nH]c2=O)cc(Br)c1O. The van der Waals surface area contributed by atoms with E-state index in [0.717, 1.165) is 0 Å². The van der Waals surface area contributed by atoms with Crippen molar-refractivity contribution in [2.75, 3.05) is 6.61 Å². The summed E-state index contributed by atoms with van der Waals surface area (Å²) in [5, 5.41) is 13.7. The highest BCUT2D eigenvalue weighted by Crippen LogP contribution is 2.34. The van der Waals surface area contributed by atoms with E-state index < -0.39 is 17.2 Å². The molecular weight excluding hydrogens is 408 g/mol. The average molecular weight is 425 g/mol. The fourth-order valence-electron chi connectivity index (χ4n) is 2.15. The predicted molar refractivity (Wildman–Crippen MR) is 98.8 cm³/mol. The van der Waals surface area contributed by atoms with Gasteiger partial charge in [-0.25, -0.2) is 10.2 Å². The Labute approximate surface area is 156 Å². The Morgan fingerprint density at radius 3 is 2.77 bits per heavy atom. The molecule has 0 unspecified atom stereocenters. The summed E-state index contributed by atoms with van der Waals surface area (Å²) >= 11 is 3.21. The molecule has 138 valence electrons. The Balaban J connectivity index is 2.08. The molecule has 0 saturated heterocycles. The minimum atomic E-state index is -0.627. The van der Waals surface area contributed by atoms with Gasteiger partial charge in [0.15, 0.2) is 11.5 Å². The van der Waals surface area contributed by atoms with Crippen molar-refractivity contribution in [3.63, 3.8) is 0 Å². The van der Waals surface area contributed by atoms with Crippen LogP contribution in [0.2, 0.25) is 0 Å². The van der Waals surface area contributed by atoms with Gasteiger partial charge < -0.3 is 14.8 Å². The van der Waals surface area contributed by atoms with Crippen LogP contribution in [0.25, 0.3) is 0 Å². The lowest BCUT2D eigenvalue weighted by atomic mass is 10.1. The summed E-state index contributed by atoms with van der Waals surface area (Å²) in [5.41, 5.74) is 2.11. The summed E-state index contributed by atoms with van der Waals surface area (Å²) in [4.78, 5) is 39.3. The maximum atomic E-state index is 11.9. The van der Waals surface area contributed by atoms with Crippen LogP contribution < -0.4 is 21.4 Å². The number of ether oxygens (including phenoxy) is 1. The van der Waals surface area contributed by atoms with Crippen molar-refractivity contribution < 1.29 is 14.6 Å². The maximum Gasteiger partial charge on any atom is 0.325 e. The van der Waals surface area contributed by atoms with E-state index in [0.29, 0.717) is 22.3 Å². The summed E-state index contributed by atoms with van der Waals surface area (Å²) in [6.45, 7) is 3.70.